The molecule has 1 amide bonds. The Morgan fingerprint density at radius 3 is 2.42 bits per heavy atom. The van der Waals surface area contributed by atoms with Crippen LogP contribution in [0.1, 0.15) is 22.3 Å². The zero-order chi connectivity index (χ0) is 22.1. The minimum absolute atomic E-state index is 0.138. The topological polar surface area (TPSA) is 72.0 Å². The van der Waals surface area contributed by atoms with Crippen LogP contribution < -0.4 is 20.2 Å². The van der Waals surface area contributed by atoms with Gasteiger partial charge in [0.2, 0.25) is 0 Å². The van der Waals surface area contributed by atoms with Crippen LogP contribution in [0.5, 0.6) is 11.5 Å². The van der Waals surface area contributed by atoms with Gasteiger partial charge < -0.3 is 14.8 Å². The lowest BCUT2D eigenvalue weighted by Gasteiger charge is -2.12. The Labute approximate surface area is 182 Å². The van der Waals surface area contributed by atoms with E-state index in [0.29, 0.717) is 18.1 Å². The van der Waals surface area contributed by atoms with Gasteiger partial charge in [-0.1, -0.05) is 48.5 Å². The lowest BCUT2D eigenvalue weighted by Crippen LogP contribution is -2.26. The number of rotatable bonds is 9. The number of anilines is 1. The third-order valence-electron chi connectivity index (χ3n) is 4.73. The highest BCUT2D eigenvalue weighted by Crippen LogP contribution is 2.28. The van der Waals surface area contributed by atoms with Crippen LogP contribution in [0, 0.1) is 13.8 Å². The summed E-state index contributed by atoms with van der Waals surface area (Å²) in [5.74, 6) is 1.02. The minimum Gasteiger partial charge on any atom is -0.493 e. The molecule has 0 spiro atoms. The molecule has 0 unspecified atom stereocenters. The SMILES string of the molecule is COc1cc(C=NNC(=O)CNc2c(C)cccc2C)ccc1OCc1ccccc1. The van der Waals surface area contributed by atoms with Gasteiger partial charge in [-0.25, -0.2) is 5.43 Å². The first-order chi connectivity index (χ1) is 15.1. The van der Waals surface area contributed by atoms with Crippen molar-refractivity contribution < 1.29 is 14.3 Å². The van der Waals surface area contributed by atoms with E-state index in [0.717, 1.165) is 27.9 Å². The van der Waals surface area contributed by atoms with E-state index in [1.165, 1.54) is 0 Å². The zero-order valence-electron chi connectivity index (χ0n) is 18.0. The van der Waals surface area contributed by atoms with E-state index >= 15 is 0 Å². The summed E-state index contributed by atoms with van der Waals surface area (Å²) in [5, 5.41) is 7.20. The van der Waals surface area contributed by atoms with Crippen molar-refractivity contribution in [2.75, 3.05) is 19.0 Å². The van der Waals surface area contributed by atoms with E-state index in [4.69, 9.17) is 9.47 Å². The third-order valence-corrected chi connectivity index (χ3v) is 4.73. The lowest BCUT2D eigenvalue weighted by molar-refractivity contribution is -0.119. The smallest absolute Gasteiger partial charge is 0.259 e. The van der Waals surface area contributed by atoms with E-state index < -0.39 is 0 Å². The maximum atomic E-state index is 12.1. The number of methoxy groups -OCH3 is 1. The molecule has 0 aromatic heterocycles. The van der Waals surface area contributed by atoms with Crippen molar-refractivity contribution in [2.24, 2.45) is 5.10 Å². The van der Waals surface area contributed by atoms with Crippen LogP contribution in [-0.2, 0) is 11.4 Å². The summed E-state index contributed by atoms with van der Waals surface area (Å²) in [6.45, 7) is 4.60. The van der Waals surface area contributed by atoms with Crippen molar-refractivity contribution in [1.82, 2.24) is 5.43 Å². The van der Waals surface area contributed by atoms with E-state index in [-0.39, 0.29) is 12.5 Å². The Hall–Kier alpha value is -3.80. The third kappa shape index (κ3) is 6.34. The van der Waals surface area contributed by atoms with Crippen LogP contribution in [0.15, 0.2) is 71.8 Å². The zero-order valence-corrected chi connectivity index (χ0v) is 18.0. The van der Waals surface area contributed by atoms with Gasteiger partial charge in [0.1, 0.15) is 6.61 Å². The number of carbonyl (C=O) groups is 1. The number of hydrazone groups is 1. The predicted octanol–water partition coefficient (Wildman–Crippen LogP) is 4.45. The molecule has 0 saturated carbocycles. The number of ether oxygens (including phenoxy) is 2. The fourth-order valence-electron chi connectivity index (χ4n) is 3.10. The van der Waals surface area contributed by atoms with Crippen molar-refractivity contribution in [1.29, 1.82) is 0 Å². The van der Waals surface area contributed by atoms with Crippen LogP contribution in [-0.4, -0.2) is 25.8 Å². The first kappa shape index (κ1) is 21.9. The van der Waals surface area contributed by atoms with Gasteiger partial charge in [0, 0.05) is 5.69 Å². The molecular weight excluding hydrogens is 390 g/mol. The van der Waals surface area contributed by atoms with Gasteiger partial charge in [0.25, 0.3) is 5.91 Å². The van der Waals surface area contributed by atoms with Crippen LogP contribution >= 0.6 is 0 Å². The van der Waals surface area contributed by atoms with Crippen LogP contribution in [0.3, 0.4) is 0 Å². The number of aryl methyl sites for hydroxylation is 2. The molecule has 0 aliphatic rings. The van der Waals surface area contributed by atoms with Crippen LogP contribution in [0.2, 0.25) is 0 Å². The number of benzene rings is 3. The number of hydrogen-bond acceptors (Lipinski definition) is 5. The molecule has 6 heteroatoms. The van der Waals surface area contributed by atoms with E-state index in [2.05, 4.69) is 15.8 Å². The molecular formula is C25H27N3O3. The van der Waals surface area contributed by atoms with Gasteiger partial charge >= 0.3 is 0 Å². The number of nitrogens with one attached hydrogen (secondary N) is 2. The minimum atomic E-state index is -0.228. The standard InChI is InChI=1S/C25H27N3O3/c1-18-8-7-9-19(2)25(18)26-16-24(29)28-27-15-21-12-13-22(23(14-21)30-3)31-17-20-10-5-4-6-11-20/h4-15,26H,16-17H2,1-3H3,(H,28,29). The molecule has 0 radical (unpaired) electrons. The molecule has 2 N–H and O–H groups in total. The van der Waals surface area contributed by atoms with E-state index in [1.54, 1.807) is 13.3 Å². The maximum Gasteiger partial charge on any atom is 0.259 e. The Balaban J connectivity index is 1.53. The van der Waals surface area contributed by atoms with Crippen molar-refractivity contribution in [3.05, 3.63) is 89.0 Å². The fourth-order valence-corrected chi connectivity index (χ4v) is 3.10. The molecule has 3 rings (SSSR count). The lowest BCUT2D eigenvalue weighted by atomic mass is 10.1. The molecule has 0 aliphatic heterocycles. The van der Waals surface area contributed by atoms with E-state index in [9.17, 15) is 4.79 Å². The van der Waals surface area contributed by atoms with Gasteiger partial charge in [0.05, 0.1) is 19.9 Å². The molecule has 0 aliphatic carbocycles. The average Bonchev–Trinajstić information content (AvgIpc) is 2.78. The first-order valence-electron chi connectivity index (χ1n) is 10.0. The summed E-state index contributed by atoms with van der Waals surface area (Å²) in [4.78, 5) is 12.1. The molecule has 0 heterocycles. The molecule has 0 atom stereocenters. The second-order valence-electron chi connectivity index (χ2n) is 7.10. The Morgan fingerprint density at radius 2 is 1.71 bits per heavy atom. The van der Waals surface area contributed by atoms with Crippen LogP contribution in [0.25, 0.3) is 0 Å². The van der Waals surface area contributed by atoms with Crippen molar-refractivity contribution in [3.63, 3.8) is 0 Å². The Bertz CT molecular complexity index is 1030. The highest BCUT2D eigenvalue weighted by molar-refractivity contribution is 5.85. The molecule has 0 bridgehead atoms. The normalized spacial score (nSPS) is 10.7. The molecule has 3 aromatic rings. The summed E-state index contributed by atoms with van der Waals surface area (Å²) < 4.78 is 11.3. The molecule has 0 saturated heterocycles. The Morgan fingerprint density at radius 1 is 0.968 bits per heavy atom. The number of amides is 1. The second-order valence-corrected chi connectivity index (χ2v) is 7.10. The summed E-state index contributed by atoms with van der Waals surface area (Å²) in [7, 11) is 1.59. The molecule has 31 heavy (non-hydrogen) atoms. The largest absolute Gasteiger partial charge is 0.493 e. The predicted molar refractivity (Wildman–Crippen MR) is 124 cm³/mol. The molecule has 160 valence electrons. The highest BCUT2D eigenvalue weighted by atomic mass is 16.5. The van der Waals surface area contributed by atoms with Gasteiger partial charge in [-0.05, 0) is 54.3 Å². The van der Waals surface area contributed by atoms with Crippen molar-refractivity contribution >= 4 is 17.8 Å². The number of hydrogen-bond donors (Lipinski definition) is 2. The quantitative estimate of drug-likeness (QED) is 0.398. The summed E-state index contributed by atoms with van der Waals surface area (Å²) in [6.07, 6.45) is 1.57. The summed E-state index contributed by atoms with van der Waals surface area (Å²) in [6, 6.07) is 21.4. The fraction of sp³-hybridized carbons (Fsp3) is 0.200. The Kier molecular flexibility index (Phi) is 7.65. The number of para-hydroxylation sites is 1. The highest BCUT2D eigenvalue weighted by Gasteiger charge is 2.07. The summed E-state index contributed by atoms with van der Waals surface area (Å²) in [5.41, 5.74) is 7.56. The summed E-state index contributed by atoms with van der Waals surface area (Å²) >= 11 is 0. The first-order valence-corrected chi connectivity index (χ1v) is 10.0. The van der Waals surface area contributed by atoms with Gasteiger partial charge in [-0.15, -0.1) is 0 Å². The van der Waals surface area contributed by atoms with Crippen molar-refractivity contribution in [3.8, 4) is 11.5 Å². The maximum absolute atomic E-state index is 12.1. The van der Waals surface area contributed by atoms with Gasteiger partial charge in [-0.2, -0.15) is 5.10 Å². The average molecular weight is 418 g/mol. The van der Waals surface area contributed by atoms with Crippen molar-refractivity contribution in [2.45, 2.75) is 20.5 Å². The van der Waals surface area contributed by atoms with Gasteiger partial charge in [0.15, 0.2) is 11.5 Å². The molecule has 6 nitrogen and oxygen atoms in total. The monoisotopic (exact) mass is 417 g/mol. The van der Waals surface area contributed by atoms with E-state index in [1.807, 2.05) is 80.6 Å². The van der Waals surface area contributed by atoms with Crippen LogP contribution in [0.4, 0.5) is 5.69 Å². The van der Waals surface area contributed by atoms with Gasteiger partial charge in [-0.3, -0.25) is 4.79 Å². The number of carbonyl (C=O) groups excluding carboxylic acids is 1. The molecule has 3 aromatic carbocycles. The number of nitrogens with zero attached hydrogens (tertiary/aromatic N) is 1. The molecule has 0 fully saturated rings. The second kappa shape index (κ2) is 10.8.